The second-order valence-electron chi connectivity index (χ2n) is 17.9. The summed E-state index contributed by atoms with van der Waals surface area (Å²) in [6.07, 6.45) is 44.4. The highest BCUT2D eigenvalue weighted by molar-refractivity contribution is 5.70. The fourth-order valence-electron chi connectivity index (χ4n) is 8.28. The second-order valence-corrected chi connectivity index (χ2v) is 17.9. The van der Waals surface area contributed by atoms with Crippen molar-refractivity contribution in [2.75, 3.05) is 33.9 Å². The van der Waals surface area contributed by atoms with E-state index in [2.05, 4.69) is 46.7 Å². The van der Waals surface area contributed by atoms with Crippen LogP contribution < -0.4 is 0 Å². The molecule has 0 aromatic heterocycles. The molecule has 0 N–H and O–H groups in total. The Labute approximate surface area is 345 Å². The monoisotopic (exact) mass is 778 g/mol. The fourth-order valence-corrected chi connectivity index (χ4v) is 8.28. The standard InChI is InChI=1S/C50H99NO4/c1-7-11-26-36-47(37-27-12-8-2)44-49(52)54-42-32-24-20-16-15-18-22-30-34-46(40-41-51(5)6)35-31-23-19-17-21-25-33-43-55-50(53)45-48(38-28-13-9-3)39-29-14-10-4/h46-48H,7-45H2,1-6H3. The summed E-state index contributed by atoms with van der Waals surface area (Å²) in [6, 6.07) is 0. The second kappa shape index (κ2) is 42.5. The molecule has 0 aliphatic carbocycles. The van der Waals surface area contributed by atoms with Gasteiger partial charge in [-0.1, -0.05) is 201 Å². The highest BCUT2D eigenvalue weighted by atomic mass is 16.5. The molecule has 0 heterocycles. The topological polar surface area (TPSA) is 55.8 Å². The van der Waals surface area contributed by atoms with Crippen molar-refractivity contribution in [2.24, 2.45) is 17.8 Å². The Balaban J connectivity index is 3.95. The zero-order valence-electron chi connectivity index (χ0n) is 38.4. The summed E-state index contributed by atoms with van der Waals surface area (Å²) < 4.78 is 11.3. The van der Waals surface area contributed by atoms with Gasteiger partial charge in [0.1, 0.15) is 0 Å². The zero-order valence-corrected chi connectivity index (χ0v) is 38.4. The van der Waals surface area contributed by atoms with Gasteiger partial charge in [-0.15, -0.1) is 0 Å². The van der Waals surface area contributed by atoms with Crippen LogP contribution in [0.15, 0.2) is 0 Å². The quantitative estimate of drug-likeness (QED) is 0.0455. The van der Waals surface area contributed by atoms with Crippen molar-refractivity contribution in [1.29, 1.82) is 0 Å². The molecule has 0 bridgehead atoms. The number of hydrogen-bond donors (Lipinski definition) is 0. The van der Waals surface area contributed by atoms with E-state index in [0.29, 0.717) is 37.9 Å². The van der Waals surface area contributed by atoms with Gasteiger partial charge in [0, 0.05) is 12.8 Å². The third-order valence-electron chi connectivity index (χ3n) is 12.0. The Morgan fingerprint density at radius 3 is 0.945 bits per heavy atom. The molecule has 0 amide bonds. The van der Waals surface area contributed by atoms with E-state index in [1.54, 1.807) is 0 Å². The molecule has 1 atom stereocenters. The molecule has 0 aliphatic rings. The summed E-state index contributed by atoms with van der Waals surface area (Å²) in [6.45, 7) is 11.4. The third kappa shape index (κ3) is 39.5. The van der Waals surface area contributed by atoms with Gasteiger partial charge < -0.3 is 14.4 Å². The maximum atomic E-state index is 12.5. The minimum absolute atomic E-state index is 0.0406. The van der Waals surface area contributed by atoms with Crippen molar-refractivity contribution in [2.45, 2.75) is 259 Å². The number of unbranched alkanes of at least 4 members (excludes halogenated alkanes) is 21. The van der Waals surface area contributed by atoms with E-state index in [0.717, 1.165) is 18.8 Å². The highest BCUT2D eigenvalue weighted by Crippen LogP contribution is 2.25. The Morgan fingerprint density at radius 2 is 0.636 bits per heavy atom. The van der Waals surface area contributed by atoms with Gasteiger partial charge in [-0.3, -0.25) is 9.59 Å². The number of esters is 2. The first-order chi connectivity index (χ1) is 26.9. The van der Waals surface area contributed by atoms with Crippen LogP contribution in [0, 0.1) is 17.8 Å². The predicted molar refractivity (Wildman–Crippen MR) is 240 cm³/mol. The minimum Gasteiger partial charge on any atom is -0.466 e. The van der Waals surface area contributed by atoms with Crippen molar-refractivity contribution in [3.63, 3.8) is 0 Å². The van der Waals surface area contributed by atoms with Crippen molar-refractivity contribution in [1.82, 2.24) is 4.90 Å². The van der Waals surface area contributed by atoms with E-state index in [4.69, 9.17) is 9.47 Å². The Kier molecular flexibility index (Phi) is 41.7. The first kappa shape index (κ1) is 53.9. The van der Waals surface area contributed by atoms with Gasteiger partial charge in [0.05, 0.1) is 13.2 Å². The lowest BCUT2D eigenvalue weighted by molar-refractivity contribution is -0.146. The Morgan fingerprint density at radius 1 is 0.364 bits per heavy atom. The van der Waals surface area contributed by atoms with Gasteiger partial charge in [0.2, 0.25) is 0 Å². The van der Waals surface area contributed by atoms with Gasteiger partial charge in [0.25, 0.3) is 0 Å². The summed E-state index contributed by atoms with van der Waals surface area (Å²) in [5.74, 6) is 2.00. The molecule has 0 radical (unpaired) electrons. The summed E-state index contributed by atoms with van der Waals surface area (Å²) in [4.78, 5) is 27.3. The molecule has 5 heteroatoms. The van der Waals surface area contributed by atoms with E-state index in [1.807, 2.05) is 0 Å². The van der Waals surface area contributed by atoms with Crippen molar-refractivity contribution >= 4 is 11.9 Å². The lowest BCUT2D eigenvalue weighted by Gasteiger charge is -2.19. The third-order valence-corrected chi connectivity index (χ3v) is 12.0. The van der Waals surface area contributed by atoms with Crippen LogP contribution in [0.5, 0.6) is 0 Å². The molecule has 0 spiro atoms. The molecule has 0 aliphatic heterocycles. The number of carbonyl (C=O) groups excluding carboxylic acids is 2. The highest BCUT2D eigenvalue weighted by Gasteiger charge is 2.16. The van der Waals surface area contributed by atoms with Gasteiger partial charge in [0.15, 0.2) is 0 Å². The number of ether oxygens (including phenoxy) is 2. The van der Waals surface area contributed by atoms with Crippen LogP contribution in [-0.2, 0) is 19.1 Å². The number of carbonyl (C=O) groups is 2. The molecule has 328 valence electrons. The van der Waals surface area contributed by atoms with Crippen LogP contribution in [0.1, 0.15) is 259 Å². The van der Waals surface area contributed by atoms with Crippen LogP contribution in [0.25, 0.3) is 0 Å². The van der Waals surface area contributed by atoms with Gasteiger partial charge >= 0.3 is 11.9 Å². The number of nitrogens with zero attached hydrogens (tertiary/aromatic N) is 1. The first-order valence-corrected chi connectivity index (χ1v) is 24.8. The normalized spacial score (nSPS) is 12.3. The van der Waals surface area contributed by atoms with Crippen LogP contribution in [-0.4, -0.2) is 50.7 Å². The summed E-state index contributed by atoms with van der Waals surface area (Å²) >= 11 is 0. The molecule has 0 fully saturated rings. The Bertz CT molecular complexity index is 781. The average molecular weight is 778 g/mol. The van der Waals surface area contributed by atoms with Crippen molar-refractivity contribution in [3.05, 3.63) is 0 Å². The molecular weight excluding hydrogens is 679 g/mol. The van der Waals surface area contributed by atoms with Crippen LogP contribution >= 0.6 is 0 Å². The molecule has 5 nitrogen and oxygen atoms in total. The van der Waals surface area contributed by atoms with Gasteiger partial charge in [-0.25, -0.2) is 0 Å². The first-order valence-electron chi connectivity index (χ1n) is 24.8. The number of hydrogen-bond acceptors (Lipinski definition) is 5. The summed E-state index contributed by atoms with van der Waals surface area (Å²) in [5, 5.41) is 0. The lowest BCUT2D eigenvalue weighted by Crippen LogP contribution is -2.17. The minimum atomic E-state index is 0.0406. The van der Waals surface area contributed by atoms with E-state index in [1.165, 1.54) is 212 Å². The predicted octanol–water partition coefficient (Wildman–Crippen LogP) is 15.6. The van der Waals surface area contributed by atoms with E-state index >= 15 is 0 Å². The van der Waals surface area contributed by atoms with E-state index in [9.17, 15) is 9.59 Å². The summed E-state index contributed by atoms with van der Waals surface area (Å²) in [5.41, 5.74) is 0. The van der Waals surface area contributed by atoms with Crippen molar-refractivity contribution in [3.8, 4) is 0 Å². The lowest BCUT2D eigenvalue weighted by atomic mass is 9.91. The van der Waals surface area contributed by atoms with E-state index < -0.39 is 0 Å². The molecule has 55 heavy (non-hydrogen) atoms. The molecule has 0 aromatic carbocycles. The molecule has 0 saturated carbocycles. The van der Waals surface area contributed by atoms with E-state index in [-0.39, 0.29) is 11.9 Å². The number of rotatable bonds is 44. The van der Waals surface area contributed by atoms with Gasteiger partial charge in [-0.05, 0) is 83.3 Å². The molecule has 0 rings (SSSR count). The van der Waals surface area contributed by atoms with Gasteiger partial charge in [-0.2, -0.15) is 0 Å². The van der Waals surface area contributed by atoms with Crippen LogP contribution in [0.3, 0.4) is 0 Å². The van der Waals surface area contributed by atoms with Crippen LogP contribution in [0.2, 0.25) is 0 Å². The molecule has 0 aromatic rings. The largest absolute Gasteiger partial charge is 0.466 e. The SMILES string of the molecule is CCCCCC(CCCCC)CC(=O)OCCCCCCCCCCC(CCCCCCCCCOC(=O)CC(CCCCC)CCCCC)CCN(C)C. The molecular formula is C50H99NO4. The zero-order chi connectivity index (χ0) is 40.5. The molecule has 1 unspecified atom stereocenters. The van der Waals surface area contributed by atoms with Crippen molar-refractivity contribution < 1.29 is 19.1 Å². The Hall–Kier alpha value is -1.10. The molecule has 0 saturated heterocycles. The maximum Gasteiger partial charge on any atom is 0.306 e. The summed E-state index contributed by atoms with van der Waals surface area (Å²) in [7, 11) is 4.42. The maximum absolute atomic E-state index is 12.5. The smallest absolute Gasteiger partial charge is 0.306 e. The average Bonchev–Trinajstić information content (AvgIpc) is 3.16. The fraction of sp³-hybridized carbons (Fsp3) is 0.960. The van der Waals surface area contributed by atoms with Crippen LogP contribution in [0.4, 0.5) is 0 Å².